The second-order valence-corrected chi connectivity index (χ2v) is 4.06. The third-order valence-electron chi connectivity index (χ3n) is 2.20. The molecule has 1 atom stereocenters. The monoisotopic (exact) mass is 212 g/mol. The van der Waals surface area contributed by atoms with E-state index >= 15 is 0 Å². The fourth-order valence-electron chi connectivity index (χ4n) is 1.31. The van der Waals surface area contributed by atoms with Gasteiger partial charge in [-0.1, -0.05) is 12.1 Å². The van der Waals surface area contributed by atoms with E-state index in [0.717, 1.165) is 5.56 Å². The first-order valence-corrected chi connectivity index (χ1v) is 4.86. The summed E-state index contributed by atoms with van der Waals surface area (Å²) in [5.41, 5.74) is 1.79. The van der Waals surface area contributed by atoms with Gasteiger partial charge in [0, 0.05) is 0 Å². The lowest BCUT2D eigenvalue weighted by molar-refractivity contribution is 0.0988. The zero-order chi connectivity index (χ0) is 10.9. The molecule has 1 aromatic rings. The van der Waals surface area contributed by atoms with Gasteiger partial charge in [0.25, 0.3) is 0 Å². The average molecular weight is 213 g/mol. The van der Waals surface area contributed by atoms with Crippen molar-refractivity contribution in [1.82, 2.24) is 0 Å². The van der Waals surface area contributed by atoms with Crippen LogP contribution in [0.5, 0.6) is 5.75 Å². The first kappa shape index (κ1) is 11.1. The first-order valence-electron chi connectivity index (χ1n) is 4.42. The van der Waals surface area contributed by atoms with Crippen molar-refractivity contribution in [2.45, 2.75) is 26.1 Å². The quantitative estimate of drug-likeness (QED) is 0.605. The predicted molar refractivity (Wildman–Crippen MR) is 57.2 cm³/mol. The molecule has 0 saturated carbocycles. The standard InChI is InChI=1S/C11H13ClO2/c1-6-4-5-7(2)10(13)9(6)11(14)8(3)12/h4-5,8,13H,1-3H3. The lowest BCUT2D eigenvalue weighted by Gasteiger charge is -2.10. The maximum atomic E-state index is 11.6. The molecule has 0 aliphatic rings. The van der Waals surface area contributed by atoms with Gasteiger partial charge in [0.05, 0.1) is 10.9 Å². The normalized spacial score (nSPS) is 12.6. The molecule has 1 aromatic carbocycles. The third kappa shape index (κ3) is 1.90. The summed E-state index contributed by atoms with van der Waals surface area (Å²) in [7, 11) is 0. The number of carbonyl (C=O) groups is 1. The van der Waals surface area contributed by atoms with Crippen molar-refractivity contribution in [3.8, 4) is 5.75 Å². The van der Waals surface area contributed by atoms with E-state index in [0.29, 0.717) is 11.1 Å². The molecule has 0 aliphatic carbocycles. The second-order valence-electron chi connectivity index (χ2n) is 3.40. The minimum absolute atomic E-state index is 0.0440. The summed E-state index contributed by atoms with van der Waals surface area (Å²) in [6.45, 7) is 5.14. The summed E-state index contributed by atoms with van der Waals surface area (Å²) in [6.07, 6.45) is 0. The van der Waals surface area contributed by atoms with Crippen LogP contribution >= 0.6 is 11.6 Å². The highest BCUT2D eigenvalue weighted by molar-refractivity contribution is 6.34. The zero-order valence-corrected chi connectivity index (χ0v) is 9.22. The van der Waals surface area contributed by atoms with Crippen LogP contribution in [0.1, 0.15) is 28.4 Å². The lowest BCUT2D eigenvalue weighted by atomic mass is 9.99. The Kier molecular flexibility index (Phi) is 3.17. The first-order chi connectivity index (χ1) is 6.45. The van der Waals surface area contributed by atoms with Crippen LogP contribution in [0.4, 0.5) is 0 Å². The Morgan fingerprint density at radius 3 is 2.36 bits per heavy atom. The van der Waals surface area contributed by atoms with Crippen LogP contribution in [0.3, 0.4) is 0 Å². The second kappa shape index (κ2) is 4.01. The molecule has 0 amide bonds. The number of rotatable bonds is 2. The Bertz CT molecular complexity index is 370. The van der Waals surface area contributed by atoms with Crippen LogP contribution < -0.4 is 0 Å². The van der Waals surface area contributed by atoms with Crippen molar-refractivity contribution in [1.29, 1.82) is 0 Å². The molecule has 76 valence electrons. The van der Waals surface area contributed by atoms with Gasteiger partial charge in [0.1, 0.15) is 5.75 Å². The van der Waals surface area contributed by atoms with Gasteiger partial charge < -0.3 is 5.11 Å². The molecule has 0 aromatic heterocycles. The van der Waals surface area contributed by atoms with Crippen LogP contribution in [0.2, 0.25) is 0 Å². The maximum absolute atomic E-state index is 11.6. The largest absolute Gasteiger partial charge is 0.507 e. The van der Waals surface area contributed by atoms with Gasteiger partial charge in [-0.25, -0.2) is 0 Å². The Balaban J connectivity index is 3.33. The van der Waals surface area contributed by atoms with Crippen molar-refractivity contribution in [2.24, 2.45) is 0 Å². The van der Waals surface area contributed by atoms with Gasteiger partial charge in [-0.05, 0) is 31.9 Å². The maximum Gasteiger partial charge on any atom is 0.184 e. The van der Waals surface area contributed by atoms with Crippen LogP contribution in [-0.2, 0) is 0 Å². The summed E-state index contributed by atoms with van der Waals surface area (Å²) in [6, 6.07) is 3.59. The van der Waals surface area contributed by atoms with Gasteiger partial charge in [-0.15, -0.1) is 11.6 Å². The van der Waals surface area contributed by atoms with Crippen molar-refractivity contribution in [3.63, 3.8) is 0 Å². The van der Waals surface area contributed by atoms with Crippen molar-refractivity contribution < 1.29 is 9.90 Å². The lowest BCUT2D eigenvalue weighted by Crippen LogP contribution is -2.12. The molecule has 0 radical (unpaired) electrons. The van der Waals surface area contributed by atoms with Crippen LogP contribution in [0.15, 0.2) is 12.1 Å². The fourth-order valence-corrected chi connectivity index (χ4v) is 1.42. The van der Waals surface area contributed by atoms with E-state index in [2.05, 4.69) is 0 Å². The highest BCUT2D eigenvalue weighted by atomic mass is 35.5. The summed E-state index contributed by atoms with van der Waals surface area (Å²) in [4.78, 5) is 11.6. The van der Waals surface area contributed by atoms with Crippen LogP contribution in [0, 0.1) is 13.8 Å². The number of aryl methyl sites for hydroxylation is 2. The van der Waals surface area contributed by atoms with E-state index in [4.69, 9.17) is 11.6 Å². The van der Waals surface area contributed by atoms with E-state index in [-0.39, 0.29) is 11.5 Å². The highest BCUT2D eigenvalue weighted by Gasteiger charge is 2.19. The molecule has 0 bridgehead atoms. The molecule has 1 unspecified atom stereocenters. The summed E-state index contributed by atoms with van der Waals surface area (Å²) in [5.74, 6) is -0.187. The molecule has 1 N–H and O–H groups in total. The number of carbonyl (C=O) groups excluding carboxylic acids is 1. The number of aromatic hydroxyl groups is 1. The van der Waals surface area contributed by atoms with Crippen LogP contribution in [-0.4, -0.2) is 16.3 Å². The molecule has 14 heavy (non-hydrogen) atoms. The van der Waals surface area contributed by atoms with Gasteiger partial charge in [-0.2, -0.15) is 0 Å². The molecule has 0 aliphatic heterocycles. The Hall–Kier alpha value is -1.02. The predicted octanol–water partition coefficient (Wildman–Crippen LogP) is 2.82. The van der Waals surface area contributed by atoms with Crippen molar-refractivity contribution in [3.05, 3.63) is 28.8 Å². The number of benzene rings is 1. The molecular weight excluding hydrogens is 200 g/mol. The van der Waals surface area contributed by atoms with E-state index in [9.17, 15) is 9.90 Å². The molecule has 3 heteroatoms. The number of phenols is 1. The molecular formula is C11H13ClO2. The van der Waals surface area contributed by atoms with E-state index < -0.39 is 5.38 Å². The number of hydrogen-bond donors (Lipinski definition) is 1. The minimum atomic E-state index is -0.610. The Morgan fingerprint density at radius 1 is 1.36 bits per heavy atom. The summed E-state index contributed by atoms with van der Waals surface area (Å²) in [5, 5.41) is 9.11. The van der Waals surface area contributed by atoms with Gasteiger partial charge >= 0.3 is 0 Å². The van der Waals surface area contributed by atoms with Gasteiger partial charge in [0.15, 0.2) is 5.78 Å². The number of phenolic OH excluding ortho intramolecular Hbond substituents is 1. The number of halogens is 1. The van der Waals surface area contributed by atoms with Crippen molar-refractivity contribution in [2.75, 3.05) is 0 Å². The molecule has 1 rings (SSSR count). The fraction of sp³-hybridized carbons (Fsp3) is 0.364. The SMILES string of the molecule is Cc1ccc(C)c(C(=O)C(C)Cl)c1O. The van der Waals surface area contributed by atoms with E-state index in [1.54, 1.807) is 26.8 Å². The average Bonchev–Trinajstić information content (AvgIpc) is 2.12. The zero-order valence-electron chi connectivity index (χ0n) is 8.47. The number of ketones is 1. The molecule has 0 saturated heterocycles. The smallest absolute Gasteiger partial charge is 0.184 e. The molecule has 0 fully saturated rings. The molecule has 2 nitrogen and oxygen atoms in total. The van der Waals surface area contributed by atoms with Gasteiger partial charge in [-0.3, -0.25) is 4.79 Å². The molecule has 0 spiro atoms. The van der Waals surface area contributed by atoms with Gasteiger partial charge in [0.2, 0.25) is 0 Å². The van der Waals surface area contributed by atoms with Crippen molar-refractivity contribution >= 4 is 17.4 Å². The topological polar surface area (TPSA) is 37.3 Å². The summed E-state index contributed by atoms with van der Waals surface area (Å²) < 4.78 is 0. The summed E-state index contributed by atoms with van der Waals surface area (Å²) >= 11 is 5.70. The number of Topliss-reactive ketones (excluding diaryl/α,β-unsaturated/α-hetero) is 1. The Morgan fingerprint density at radius 2 is 1.86 bits per heavy atom. The van der Waals surface area contributed by atoms with Crippen LogP contribution in [0.25, 0.3) is 0 Å². The minimum Gasteiger partial charge on any atom is -0.507 e. The van der Waals surface area contributed by atoms with E-state index in [1.165, 1.54) is 0 Å². The molecule has 0 heterocycles. The number of hydrogen-bond acceptors (Lipinski definition) is 2. The Labute approximate surface area is 88.5 Å². The van der Waals surface area contributed by atoms with E-state index in [1.807, 2.05) is 6.07 Å². The third-order valence-corrected chi connectivity index (χ3v) is 2.39. The number of alkyl halides is 1. The highest BCUT2D eigenvalue weighted by Crippen LogP contribution is 2.27.